The molecule has 0 aromatic rings. The summed E-state index contributed by atoms with van der Waals surface area (Å²) >= 11 is 3.57. The molecular weight excluding hydrogens is 358 g/mol. The zero-order valence-electron chi connectivity index (χ0n) is 15.5. The first kappa shape index (κ1) is 25.0. The van der Waals surface area contributed by atoms with E-state index in [-0.39, 0.29) is 12.4 Å². The molecule has 0 N–H and O–H groups in total. The van der Waals surface area contributed by atoms with Gasteiger partial charge in [0.1, 0.15) is 0 Å². The van der Waals surface area contributed by atoms with Crippen molar-refractivity contribution in [1.29, 1.82) is 0 Å². The molecule has 0 radical (unpaired) electrons. The van der Waals surface area contributed by atoms with Crippen LogP contribution in [0.4, 0.5) is 0 Å². The van der Waals surface area contributed by atoms with Gasteiger partial charge in [-0.05, 0) is 38.5 Å². The van der Waals surface area contributed by atoms with E-state index in [1.54, 1.807) is 0 Å². The first-order valence-electron chi connectivity index (χ1n) is 9.58. The van der Waals surface area contributed by atoms with Crippen molar-refractivity contribution in [2.45, 2.75) is 90.9 Å². The third kappa shape index (κ3) is 15.6. The minimum Gasteiger partial charge on any atom is -1.00 e. The van der Waals surface area contributed by atoms with Crippen molar-refractivity contribution in [3.63, 3.8) is 0 Å². The topological polar surface area (TPSA) is 0 Å². The van der Waals surface area contributed by atoms with Crippen molar-refractivity contribution in [3.05, 3.63) is 0 Å². The summed E-state index contributed by atoms with van der Waals surface area (Å²) < 4.78 is 1.32. The standard InChI is InChI=1S/C19H41BrN.ClH/c1-4-6-8-10-13-17-21(3,19-15-12-16-20)18-14-11-9-7-5-2;/h4-19H2,1-3H3;1H/q+1;/p-1. The van der Waals surface area contributed by atoms with Crippen molar-refractivity contribution in [2.75, 3.05) is 32.0 Å². The van der Waals surface area contributed by atoms with Gasteiger partial charge in [0.2, 0.25) is 0 Å². The maximum Gasteiger partial charge on any atom is 0.0784 e. The first-order valence-corrected chi connectivity index (χ1v) is 10.7. The van der Waals surface area contributed by atoms with Gasteiger partial charge in [-0.3, -0.25) is 0 Å². The Morgan fingerprint density at radius 3 is 1.32 bits per heavy atom. The van der Waals surface area contributed by atoms with Crippen molar-refractivity contribution in [2.24, 2.45) is 0 Å². The van der Waals surface area contributed by atoms with Crippen LogP contribution in [0.3, 0.4) is 0 Å². The van der Waals surface area contributed by atoms with Crippen LogP contribution in [0.5, 0.6) is 0 Å². The summed E-state index contributed by atoms with van der Waals surface area (Å²) in [6.07, 6.45) is 16.9. The lowest BCUT2D eigenvalue weighted by Gasteiger charge is -2.35. The van der Waals surface area contributed by atoms with Crippen LogP contribution in [0.25, 0.3) is 0 Å². The summed E-state index contributed by atoms with van der Waals surface area (Å²) in [6.45, 7) is 8.79. The summed E-state index contributed by atoms with van der Waals surface area (Å²) in [6, 6.07) is 0. The van der Waals surface area contributed by atoms with Gasteiger partial charge in [-0.1, -0.05) is 68.3 Å². The lowest BCUT2D eigenvalue weighted by molar-refractivity contribution is -0.910. The molecule has 0 aromatic heterocycles. The second kappa shape index (κ2) is 18.1. The van der Waals surface area contributed by atoms with Crippen LogP contribution in [0.2, 0.25) is 0 Å². The Hall–Kier alpha value is 0.730. The van der Waals surface area contributed by atoms with Crippen molar-refractivity contribution in [3.8, 4) is 0 Å². The molecule has 0 rings (SSSR count). The van der Waals surface area contributed by atoms with Crippen molar-refractivity contribution < 1.29 is 16.9 Å². The summed E-state index contributed by atoms with van der Waals surface area (Å²) in [5.41, 5.74) is 0. The summed E-state index contributed by atoms with van der Waals surface area (Å²) in [5.74, 6) is 0. The minimum atomic E-state index is 0. The molecule has 0 fully saturated rings. The van der Waals surface area contributed by atoms with E-state index in [9.17, 15) is 0 Å². The first-order chi connectivity index (χ1) is 10.2. The molecule has 0 atom stereocenters. The maximum atomic E-state index is 3.57. The highest BCUT2D eigenvalue weighted by atomic mass is 79.9. The van der Waals surface area contributed by atoms with Gasteiger partial charge in [0.15, 0.2) is 0 Å². The van der Waals surface area contributed by atoms with E-state index < -0.39 is 0 Å². The van der Waals surface area contributed by atoms with Crippen LogP contribution < -0.4 is 12.4 Å². The number of rotatable bonds is 16. The number of nitrogens with zero attached hydrogens (tertiary/aromatic N) is 1. The van der Waals surface area contributed by atoms with E-state index >= 15 is 0 Å². The van der Waals surface area contributed by atoms with Gasteiger partial charge in [-0.15, -0.1) is 0 Å². The quantitative estimate of drug-likeness (QED) is 0.212. The molecular formula is C19H41BrClN. The molecule has 0 saturated carbocycles. The van der Waals surface area contributed by atoms with Crippen LogP contribution in [0.1, 0.15) is 90.9 Å². The molecule has 0 aliphatic rings. The van der Waals surface area contributed by atoms with Crippen LogP contribution in [-0.2, 0) is 0 Å². The Morgan fingerprint density at radius 2 is 0.955 bits per heavy atom. The molecule has 0 aliphatic carbocycles. The minimum absolute atomic E-state index is 0. The normalized spacial score (nSPS) is 11.5. The predicted octanol–water partition coefficient (Wildman–Crippen LogP) is 3.55. The predicted molar refractivity (Wildman–Crippen MR) is 101 cm³/mol. The second-order valence-corrected chi connectivity index (χ2v) is 7.81. The lowest BCUT2D eigenvalue weighted by Crippen LogP contribution is -3.00. The van der Waals surface area contributed by atoms with E-state index in [1.807, 2.05) is 0 Å². The van der Waals surface area contributed by atoms with Crippen LogP contribution in [-0.4, -0.2) is 36.5 Å². The maximum absolute atomic E-state index is 3.57. The number of hydrogen-bond donors (Lipinski definition) is 0. The van der Waals surface area contributed by atoms with Crippen molar-refractivity contribution in [1.82, 2.24) is 0 Å². The number of alkyl halides is 1. The molecule has 0 heterocycles. The molecule has 1 nitrogen and oxygen atoms in total. The van der Waals surface area contributed by atoms with Gasteiger partial charge < -0.3 is 16.9 Å². The number of halogens is 2. The molecule has 0 aromatic carbocycles. The Bertz CT molecular complexity index is 198. The number of quaternary nitrogens is 1. The summed E-state index contributed by atoms with van der Waals surface area (Å²) in [4.78, 5) is 0. The average molecular weight is 399 g/mol. The third-order valence-electron chi connectivity index (χ3n) is 4.68. The van der Waals surface area contributed by atoms with Crippen LogP contribution >= 0.6 is 15.9 Å². The average Bonchev–Trinajstić information content (AvgIpc) is 2.47. The molecule has 3 heteroatoms. The third-order valence-corrected chi connectivity index (χ3v) is 5.25. The van der Waals surface area contributed by atoms with Gasteiger partial charge in [0, 0.05) is 5.33 Å². The molecule has 136 valence electrons. The highest BCUT2D eigenvalue weighted by Crippen LogP contribution is 2.14. The Morgan fingerprint density at radius 1 is 0.591 bits per heavy atom. The Kier molecular flexibility index (Phi) is 20.5. The molecule has 0 aliphatic heterocycles. The number of hydrogen-bond acceptors (Lipinski definition) is 0. The fourth-order valence-corrected chi connectivity index (χ4v) is 3.51. The lowest BCUT2D eigenvalue weighted by atomic mass is 10.1. The molecule has 0 saturated heterocycles. The molecule has 0 amide bonds. The smallest absolute Gasteiger partial charge is 0.0784 e. The Labute approximate surface area is 155 Å². The van der Waals surface area contributed by atoms with Crippen molar-refractivity contribution >= 4 is 15.9 Å². The molecule has 22 heavy (non-hydrogen) atoms. The zero-order chi connectivity index (χ0) is 15.8. The van der Waals surface area contributed by atoms with Gasteiger partial charge in [-0.2, -0.15) is 0 Å². The monoisotopic (exact) mass is 397 g/mol. The molecule has 0 bridgehead atoms. The SMILES string of the molecule is CCCCCCC[N+](C)(CCCCBr)CCCCCCC.[Cl-]. The highest BCUT2D eigenvalue weighted by Gasteiger charge is 2.19. The fraction of sp³-hybridized carbons (Fsp3) is 1.00. The van der Waals surface area contributed by atoms with E-state index in [4.69, 9.17) is 0 Å². The van der Waals surface area contributed by atoms with E-state index in [2.05, 4.69) is 36.8 Å². The van der Waals surface area contributed by atoms with E-state index in [0.717, 1.165) is 0 Å². The van der Waals surface area contributed by atoms with Gasteiger partial charge in [0.25, 0.3) is 0 Å². The van der Waals surface area contributed by atoms with E-state index in [1.165, 1.54) is 106 Å². The van der Waals surface area contributed by atoms with Crippen LogP contribution in [0, 0.1) is 0 Å². The van der Waals surface area contributed by atoms with Gasteiger partial charge in [0.05, 0.1) is 26.7 Å². The largest absolute Gasteiger partial charge is 1.00 e. The highest BCUT2D eigenvalue weighted by molar-refractivity contribution is 9.09. The fourth-order valence-electron chi connectivity index (χ4n) is 3.12. The van der Waals surface area contributed by atoms with Crippen LogP contribution in [0.15, 0.2) is 0 Å². The number of unbranched alkanes of at least 4 members (excludes halogenated alkanes) is 9. The molecule has 0 spiro atoms. The zero-order valence-corrected chi connectivity index (χ0v) is 17.9. The molecule has 0 unspecified atom stereocenters. The van der Waals surface area contributed by atoms with E-state index in [0.29, 0.717) is 0 Å². The second-order valence-electron chi connectivity index (χ2n) is 7.01. The Balaban J connectivity index is 0. The van der Waals surface area contributed by atoms with Gasteiger partial charge in [-0.25, -0.2) is 0 Å². The summed E-state index contributed by atoms with van der Waals surface area (Å²) in [5, 5.41) is 1.17. The van der Waals surface area contributed by atoms with Gasteiger partial charge >= 0.3 is 0 Å². The summed E-state index contributed by atoms with van der Waals surface area (Å²) in [7, 11) is 2.51.